The van der Waals surface area contributed by atoms with Gasteiger partial charge in [-0.05, 0) is 96.6 Å². The van der Waals surface area contributed by atoms with E-state index < -0.39 is 12.1 Å². The lowest BCUT2D eigenvalue weighted by atomic mass is 10.00. The van der Waals surface area contributed by atoms with Crippen molar-refractivity contribution in [2.24, 2.45) is 5.92 Å². The van der Waals surface area contributed by atoms with Gasteiger partial charge in [0.05, 0.1) is 12.5 Å². The van der Waals surface area contributed by atoms with Gasteiger partial charge in [0.25, 0.3) is 0 Å². The molecule has 0 bridgehead atoms. The molecule has 8 heteroatoms. The molecular formula is C47H83NO7. The molecule has 318 valence electrons. The Morgan fingerprint density at radius 3 is 1.76 bits per heavy atom. The summed E-state index contributed by atoms with van der Waals surface area (Å²) >= 11 is 0. The molecule has 1 heterocycles. The quantitative estimate of drug-likeness (QED) is 0.0204. The Balaban J connectivity index is 2.50. The summed E-state index contributed by atoms with van der Waals surface area (Å²) in [6.07, 6.45) is 39.6. The molecule has 55 heavy (non-hydrogen) atoms. The molecule has 0 aromatic rings. The number of allylic oxidation sites excluding steroid dienone is 5. The van der Waals surface area contributed by atoms with Crippen molar-refractivity contribution >= 4 is 18.1 Å². The number of unbranched alkanes of at least 4 members (excludes halogenated alkanes) is 15. The lowest BCUT2D eigenvalue weighted by molar-refractivity contribution is -0.148. The van der Waals surface area contributed by atoms with Crippen LogP contribution in [0.4, 0.5) is 4.79 Å². The van der Waals surface area contributed by atoms with Crippen molar-refractivity contribution in [1.29, 1.82) is 0 Å². The predicted octanol–water partition coefficient (Wildman–Crippen LogP) is 12.8. The maximum atomic E-state index is 13.0. The van der Waals surface area contributed by atoms with Crippen LogP contribution in [0.2, 0.25) is 0 Å². The van der Waals surface area contributed by atoms with Gasteiger partial charge in [0.15, 0.2) is 0 Å². The van der Waals surface area contributed by atoms with Gasteiger partial charge in [-0.2, -0.15) is 0 Å². The van der Waals surface area contributed by atoms with Gasteiger partial charge in [0, 0.05) is 19.0 Å². The lowest BCUT2D eigenvalue weighted by Crippen LogP contribution is -2.31. The van der Waals surface area contributed by atoms with E-state index in [2.05, 4.69) is 50.0 Å². The molecule has 1 aliphatic heterocycles. The van der Waals surface area contributed by atoms with Crippen molar-refractivity contribution in [2.45, 2.75) is 194 Å². The van der Waals surface area contributed by atoms with Crippen molar-refractivity contribution in [3.05, 3.63) is 36.0 Å². The average molecular weight is 774 g/mol. The maximum absolute atomic E-state index is 13.0. The summed E-state index contributed by atoms with van der Waals surface area (Å²) in [6, 6.07) is 0. The van der Waals surface area contributed by atoms with E-state index in [-0.39, 0.29) is 31.8 Å². The Kier molecular flexibility index (Phi) is 35.1. The molecule has 1 aliphatic rings. The van der Waals surface area contributed by atoms with Crippen LogP contribution in [0.15, 0.2) is 36.0 Å². The number of esters is 2. The topological polar surface area (TPSA) is 91.4 Å². The van der Waals surface area contributed by atoms with Crippen LogP contribution in [0.25, 0.3) is 0 Å². The van der Waals surface area contributed by atoms with Gasteiger partial charge >= 0.3 is 18.1 Å². The molecule has 1 saturated heterocycles. The summed E-state index contributed by atoms with van der Waals surface area (Å²) in [6.45, 7) is 10.0. The summed E-state index contributed by atoms with van der Waals surface area (Å²) < 4.78 is 22.0. The van der Waals surface area contributed by atoms with Crippen molar-refractivity contribution in [3.8, 4) is 0 Å². The van der Waals surface area contributed by atoms with Crippen LogP contribution in [0.5, 0.6) is 0 Å². The number of nitrogens with zero attached hydrogens (tertiary/aromatic N) is 1. The second-order valence-electron chi connectivity index (χ2n) is 15.6. The van der Waals surface area contributed by atoms with Gasteiger partial charge < -0.3 is 23.8 Å². The first kappa shape index (κ1) is 50.4. The number of piperidine rings is 1. The van der Waals surface area contributed by atoms with E-state index in [1.165, 1.54) is 77.0 Å². The number of hydrogen-bond acceptors (Lipinski definition) is 8. The standard InChI is InChI=1S/C47H83NO7/c1-4-7-10-12-14-15-16-17-18-19-20-21-22-24-28-34-45(49)53-40-44(42-55-47(51)52-38-31-37-48-35-29-25-30-36-48)41-54-46(50)39-43(32-26-9-6-3)33-27-23-13-11-8-5-2/h14-15,17-18,39,44H,4-13,16,19-38,40-42H2,1-3H3/b15-14-,18-17-,43-39+. The van der Waals surface area contributed by atoms with Gasteiger partial charge in [-0.1, -0.05) is 134 Å². The number of rotatable bonds is 36. The summed E-state index contributed by atoms with van der Waals surface area (Å²) in [4.78, 5) is 40.4. The fourth-order valence-corrected chi connectivity index (χ4v) is 6.77. The first-order valence-corrected chi connectivity index (χ1v) is 22.8. The van der Waals surface area contributed by atoms with Crippen LogP contribution in [0.3, 0.4) is 0 Å². The van der Waals surface area contributed by atoms with E-state index in [1.807, 2.05) is 0 Å². The molecule has 8 nitrogen and oxygen atoms in total. The summed E-state index contributed by atoms with van der Waals surface area (Å²) in [7, 11) is 0. The van der Waals surface area contributed by atoms with E-state index in [0.717, 1.165) is 115 Å². The molecule has 0 spiro atoms. The second kappa shape index (κ2) is 38.3. The second-order valence-corrected chi connectivity index (χ2v) is 15.6. The molecule has 0 aromatic carbocycles. The van der Waals surface area contributed by atoms with Crippen LogP contribution >= 0.6 is 0 Å². The van der Waals surface area contributed by atoms with Gasteiger partial charge in [0.1, 0.15) is 19.8 Å². The molecule has 0 N–H and O–H groups in total. The van der Waals surface area contributed by atoms with E-state index >= 15 is 0 Å². The molecule has 0 aliphatic carbocycles. The Morgan fingerprint density at radius 2 is 1.07 bits per heavy atom. The molecule has 1 fully saturated rings. The monoisotopic (exact) mass is 774 g/mol. The third-order valence-corrected chi connectivity index (χ3v) is 10.3. The minimum Gasteiger partial charge on any atom is -0.465 e. The van der Waals surface area contributed by atoms with Crippen molar-refractivity contribution in [1.82, 2.24) is 4.90 Å². The van der Waals surface area contributed by atoms with Gasteiger partial charge in [-0.15, -0.1) is 0 Å². The number of ether oxygens (including phenoxy) is 4. The highest BCUT2D eigenvalue weighted by molar-refractivity contribution is 5.82. The highest BCUT2D eigenvalue weighted by Gasteiger charge is 2.18. The Bertz CT molecular complexity index is 1020. The fourth-order valence-electron chi connectivity index (χ4n) is 6.77. The summed E-state index contributed by atoms with van der Waals surface area (Å²) in [5.41, 5.74) is 1.14. The third-order valence-electron chi connectivity index (χ3n) is 10.3. The average Bonchev–Trinajstić information content (AvgIpc) is 3.19. The minimum absolute atomic E-state index is 0.00615. The first-order valence-electron chi connectivity index (χ1n) is 22.8. The SMILES string of the molecule is CCCCC/C=C\C/C=C\CCCCCCCC(=O)OCC(COC(=O)/C=C(\CCCCC)CCCCCCCC)COC(=O)OCCCN1CCCCC1. The summed E-state index contributed by atoms with van der Waals surface area (Å²) in [5.74, 6) is -1.15. The lowest BCUT2D eigenvalue weighted by Gasteiger charge is -2.26. The van der Waals surface area contributed by atoms with E-state index in [4.69, 9.17) is 18.9 Å². The number of likely N-dealkylation sites (tertiary alicyclic amines) is 1. The van der Waals surface area contributed by atoms with Crippen LogP contribution in [0, 0.1) is 5.92 Å². The summed E-state index contributed by atoms with van der Waals surface area (Å²) in [5, 5.41) is 0. The van der Waals surface area contributed by atoms with Crippen LogP contribution in [-0.2, 0) is 28.5 Å². The van der Waals surface area contributed by atoms with Crippen LogP contribution in [0.1, 0.15) is 194 Å². The Morgan fingerprint density at radius 1 is 0.545 bits per heavy atom. The van der Waals surface area contributed by atoms with Crippen molar-refractivity contribution < 1.29 is 33.3 Å². The first-order chi connectivity index (χ1) is 27.0. The number of carbonyl (C=O) groups is 3. The highest BCUT2D eigenvalue weighted by Crippen LogP contribution is 2.18. The Labute approximate surface area is 337 Å². The zero-order valence-corrected chi connectivity index (χ0v) is 35.8. The molecule has 0 amide bonds. The normalized spacial score (nSPS) is 14.4. The smallest absolute Gasteiger partial charge is 0.465 e. The van der Waals surface area contributed by atoms with Crippen molar-refractivity contribution in [2.75, 3.05) is 46.1 Å². The molecular weight excluding hydrogens is 691 g/mol. The zero-order valence-electron chi connectivity index (χ0n) is 35.8. The van der Waals surface area contributed by atoms with Gasteiger partial charge in [-0.25, -0.2) is 9.59 Å². The van der Waals surface area contributed by atoms with Crippen LogP contribution < -0.4 is 0 Å². The third kappa shape index (κ3) is 33.3. The molecule has 1 atom stereocenters. The predicted molar refractivity (Wildman–Crippen MR) is 227 cm³/mol. The number of hydrogen-bond donors (Lipinski definition) is 0. The van der Waals surface area contributed by atoms with E-state index in [1.54, 1.807) is 6.08 Å². The molecule has 0 aromatic heterocycles. The highest BCUT2D eigenvalue weighted by atomic mass is 16.7. The zero-order chi connectivity index (χ0) is 39.9. The largest absolute Gasteiger partial charge is 0.508 e. The molecule has 0 radical (unpaired) electrons. The maximum Gasteiger partial charge on any atom is 0.508 e. The van der Waals surface area contributed by atoms with Gasteiger partial charge in [-0.3, -0.25) is 4.79 Å². The van der Waals surface area contributed by atoms with Crippen molar-refractivity contribution in [3.63, 3.8) is 0 Å². The molecule has 1 unspecified atom stereocenters. The minimum atomic E-state index is -0.747. The fraction of sp³-hybridized carbons (Fsp3) is 0.809. The molecule has 1 rings (SSSR count). The van der Waals surface area contributed by atoms with Crippen LogP contribution in [-0.4, -0.2) is 69.1 Å². The van der Waals surface area contributed by atoms with E-state index in [9.17, 15) is 14.4 Å². The number of carbonyl (C=O) groups excluding carboxylic acids is 3. The van der Waals surface area contributed by atoms with Gasteiger partial charge in [0.2, 0.25) is 0 Å². The van der Waals surface area contributed by atoms with E-state index in [0.29, 0.717) is 13.0 Å². The Hall–Kier alpha value is -2.61. The molecule has 0 saturated carbocycles.